The Kier molecular flexibility index (Phi) is 5.04. The molecule has 0 saturated carbocycles. The third-order valence-electron chi connectivity index (χ3n) is 6.23. The third-order valence-corrected chi connectivity index (χ3v) is 6.23. The lowest BCUT2D eigenvalue weighted by molar-refractivity contribution is -0.487. The number of nitrogens with zero attached hydrogens (tertiary/aromatic N) is 1. The summed E-state index contributed by atoms with van der Waals surface area (Å²) in [4.78, 5) is 26.2. The van der Waals surface area contributed by atoms with Crippen molar-refractivity contribution in [2.45, 2.75) is 24.4 Å². The molecule has 0 aromatic heterocycles. The topological polar surface area (TPSA) is 59.0 Å². The van der Waals surface area contributed by atoms with Crippen LogP contribution >= 0.6 is 0 Å². The van der Waals surface area contributed by atoms with Crippen molar-refractivity contribution in [2.75, 3.05) is 6.54 Å². The number of rotatable bonds is 4. The molecule has 0 radical (unpaired) electrons. The van der Waals surface area contributed by atoms with Crippen molar-refractivity contribution in [3.63, 3.8) is 0 Å². The van der Waals surface area contributed by atoms with E-state index in [1.54, 1.807) is 0 Å². The summed E-state index contributed by atoms with van der Waals surface area (Å²) < 4.78 is 27.2. The van der Waals surface area contributed by atoms with Gasteiger partial charge in [0.25, 0.3) is 0 Å². The lowest BCUT2D eigenvalue weighted by atomic mass is 9.76. The minimum absolute atomic E-state index is 0.0465. The zero-order valence-electron chi connectivity index (χ0n) is 17.1. The van der Waals surface area contributed by atoms with E-state index in [4.69, 9.17) is 9.78 Å². The van der Waals surface area contributed by atoms with Gasteiger partial charge in [0.15, 0.2) is 5.60 Å². The molecule has 2 aliphatic heterocycles. The summed E-state index contributed by atoms with van der Waals surface area (Å²) in [7, 11) is 0. The van der Waals surface area contributed by atoms with Gasteiger partial charge in [-0.25, -0.2) is 13.7 Å². The molecular formula is C25H21F2NO4. The second kappa shape index (κ2) is 7.78. The van der Waals surface area contributed by atoms with Gasteiger partial charge in [0, 0.05) is 13.0 Å². The molecular weight excluding hydrogens is 416 g/mol. The van der Waals surface area contributed by atoms with E-state index in [-0.39, 0.29) is 18.9 Å². The van der Waals surface area contributed by atoms with Gasteiger partial charge in [-0.2, -0.15) is 4.89 Å². The van der Waals surface area contributed by atoms with Gasteiger partial charge in [-0.05, 0) is 41.0 Å². The summed E-state index contributed by atoms with van der Waals surface area (Å²) in [5.41, 5.74) is 0.660. The molecule has 1 N–H and O–H groups in total. The van der Waals surface area contributed by atoms with Gasteiger partial charge in [-0.3, -0.25) is 4.79 Å². The zero-order valence-corrected chi connectivity index (χ0v) is 17.1. The molecule has 0 spiro atoms. The fourth-order valence-corrected chi connectivity index (χ4v) is 4.55. The molecule has 7 heteroatoms. The van der Waals surface area contributed by atoms with Crippen LogP contribution < -0.4 is 0 Å². The van der Waals surface area contributed by atoms with Crippen molar-refractivity contribution in [3.05, 3.63) is 107 Å². The molecule has 1 amide bonds. The van der Waals surface area contributed by atoms with Crippen LogP contribution in [-0.4, -0.2) is 28.2 Å². The summed E-state index contributed by atoms with van der Waals surface area (Å²) in [5.74, 6) is -3.87. The Morgan fingerprint density at radius 3 is 2.00 bits per heavy atom. The van der Waals surface area contributed by atoms with Crippen LogP contribution in [0, 0.1) is 17.6 Å². The van der Waals surface area contributed by atoms with E-state index >= 15 is 0 Å². The van der Waals surface area contributed by atoms with Crippen LogP contribution in [0.15, 0.2) is 78.9 Å². The lowest BCUT2D eigenvalue weighted by Crippen LogP contribution is -2.52. The van der Waals surface area contributed by atoms with E-state index < -0.39 is 28.9 Å². The zero-order chi connectivity index (χ0) is 22.3. The summed E-state index contributed by atoms with van der Waals surface area (Å²) in [5, 5.41) is 11.1. The van der Waals surface area contributed by atoms with Crippen LogP contribution in [0.2, 0.25) is 0 Å². The smallest absolute Gasteiger partial charge is 0.231 e. The van der Waals surface area contributed by atoms with Gasteiger partial charge in [0.1, 0.15) is 17.6 Å². The van der Waals surface area contributed by atoms with Crippen molar-refractivity contribution in [1.29, 1.82) is 0 Å². The molecule has 2 saturated heterocycles. The summed E-state index contributed by atoms with van der Waals surface area (Å²) >= 11 is 0. The van der Waals surface area contributed by atoms with Crippen LogP contribution in [0.3, 0.4) is 0 Å². The van der Waals surface area contributed by atoms with E-state index in [0.717, 1.165) is 5.56 Å². The molecule has 2 fully saturated rings. The number of aliphatic hydroxyl groups is 1. The number of hydrogen-bond acceptors (Lipinski definition) is 4. The summed E-state index contributed by atoms with van der Waals surface area (Å²) in [6.07, 6.45) is 0.0465. The minimum atomic E-state index is -1.82. The van der Waals surface area contributed by atoms with E-state index in [9.17, 15) is 18.7 Å². The second-order valence-corrected chi connectivity index (χ2v) is 8.29. The molecule has 5 nitrogen and oxygen atoms in total. The lowest BCUT2D eigenvalue weighted by Gasteiger charge is -2.43. The molecule has 1 unspecified atom stereocenters. The number of fused-ring (bicyclic) bond motifs is 1. The van der Waals surface area contributed by atoms with Crippen LogP contribution in [0.25, 0.3) is 0 Å². The van der Waals surface area contributed by atoms with Crippen LogP contribution in [0.5, 0.6) is 0 Å². The normalized spacial score (nSPS) is 24.4. The van der Waals surface area contributed by atoms with Crippen molar-refractivity contribution in [3.8, 4) is 0 Å². The first kappa shape index (κ1) is 20.8. The molecule has 0 bridgehead atoms. The van der Waals surface area contributed by atoms with Crippen LogP contribution in [0.1, 0.15) is 23.1 Å². The maximum atomic E-state index is 13.6. The Hall–Kier alpha value is -3.13. The second-order valence-electron chi connectivity index (χ2n) is 8.29. The molecule has 3 aromatic carbocycles. The number of carbonyl (C=O) groups excluding carboxylic acids is 1. The maximum absolute atomic E-state index is 13.6. The fraction of sp³-hybridized carbons (Fsp3) is 0.240. The number of halogens is 2. The predicted molar refractivity (Wildman–Crippen MR) is 111 cm³/mol. The third kappa shape index (κ3) is 3.48. The largest absolute Gasteiger partial charge is 0.361 e. The molecule has 32 heavy (non-hydrogen) atoms. The van der Waals surface area contributed by atoms with Gasteiger partial charge < -0.3 is 10.0 Å². The number of benzene rings is 3. The Balaban J connectivity index is 1.52. The molecule has 2 heterocycles. The van der Waals surface area contributed by atoms with Crippen molar-refractivity contribution in [1.82, 2.24) is 4.90 Å². The summed E-state index contributed by atoms with van der Waals surface area (Å²) in [6.45, 7) is 0.274. The van der Waals surface area contributed by atoms with Gasteiger partial charge >= 0.3 is 0 Å². The van der Waals surface area contributed by atoms with Crippen LogP contribution in [0.4, 0.5) is 8.78 Å². The number of likely N-dealkylation sites (tertiary alicyclic amines) is 1. The van der Waals surface area contributed by atoms with Crippen molar-refractivity contribution >= 4 is 5.91 Å². The number of carbonyl (C=O) groups is 1. The van der Waals surface area contributed by atoms with Gasteiger partial charge in [-0.15, -0.1) is 0 Å². The van der Waals surface area contributed by atoms with Gasteiger partial charge in [-0.1, -0.05) is 54.6 Å². The molecule has 5 rings (SSSR count). The van der Waals surface area contributed by atoms with Crippen LogP contribution in [-0.2, 0) is 26.7 Å². The van der Waals surface area contributed by atoms with E-state index in [0.29, 0.717) is 17.7 Å². The average molecular weight is 437 g/mol. The standard InChI is InChI=1S/C25H21F2NO4/c26-20-10-6-18(7-11-20)24(19-8-12-21(27)13-9-19)14-22-23(29)28(16-25(22,30)32-31-24)15-17-4-2-1-3-5-17/h1-13,22,30H,14-16H2/t22?,25-/m0/s1. The SMILES string of the molecule is O=C1C2CC(c3ccc(F)cc3)(c3ccc(F)cc3)OO[C@@]2(O)CN1Cc1ccccc1. The number of β-amino-alcohol motifs (C(OH)–C–C–N with tert-alkyl or cyclic N) is 1. The first-order chi connectivity index (χ1) is 15.4. The number of amides is 1. The monoisotopic (exact) mass is 437 g/mol. The Labute approximate surface area is 183 Å². The van der Waals surface area contributed by atoms with Crippen molar-refractivity contribution < 1.29 is 28.5 Å². The van der Waals surface area contributed by atoms with Gasteiger partial charge in [0.2, 0.25) is 11.7 Å². The Bertz CT molecular complexity index is 1080. The highest BCUT2D eigenvalue weighted by molar-refractivity contribution is 5.83. The predicted octanol–water partition coefficient (Wildman–Crippen LogP) is 3.91. The van der Waals surface area contributed by atoms with Gasteiger partial charge in [0.05, 0.1) is 6.54 Å². The highest BCUT2D eigenvalue weighted by Crippen LogP contribution is 2.50. The molecule has 2 aliphatic rings. The average Bonchev–Trinajstić information content (AvgIpc) is 3.04. The van der Waals surface area contributed by atoms with E-state index in [1.807, 2.05) is 30.3 Å². The Morgan fingerprint density at radius 1 is 0.875 bits per heavy atom. The first-order valence-corrected chi connectivity index (χ1v) is 10.3. The molecule has 2 atom stereocenters. The number of hydrogen-bond donors (Lipinski definition) is 1. The molecule has 164 valence electrons. The Morgan fingerprint density at radius 2 is 1.44 bits per heavy atom. The quantitative estimate of drug-likeness (QED) is 0.629. The maximum Gasteiger partial charge on any atom is 0.231 e. The van der Waals surface area contributed by atoms with E-state index in [1.165, 1.54) is 53.4 Å². The molecule has 3 aromatic rings. The van der Waals surface area contributed by atoms with Crippen molar-refractivity contribution in [2.24, 2.45) is 5.92 Å². The first-order valence-electron chi connectivity index (χ1n) is 10.3. The summed E-state index contributed by atoms with van der Waals surface area (Å²) in [6, 6.07) is 20.7. The molecule has 0 aliphatic carbocycles. The highest BCUT2D eigenvalue weighted by atomic mass is 19.1. The van der Waals surface area contributed by atoms with E-state index in [2.05, 4.69) is 0 Å². The minimum Gasteiger partial charge on any atom is -0.361 e. The highest BCUT2D eigenvalue weighted by Gasteiger charge is 2.61. The fourth-order valence-electron chi connectivity index (χ4n) is 4.55.